The second-order valence-electron chi connectivity index (χ2n) is 6.16. The fourth-order valence-corrected chi connectivity index (χ4v) is 3.59. The molecule has 5 rings (SSSR count). The van der Waals surface area contributed by atoms with E-state index in [1.54, 1.807) is 0 Å². The molecule has 0 saturated carbocycles. The van der Waals surface area contributed by atoms with Crippen LogP contribution in [0.1, 0.15) is 11.1 Å². The molecule has 3 aromatic rings. The van der Waals surface area contributed by atoms with E-state index in [1.165, 1.54) is 0 Å². The number of aliphatic hydroxyl groups excluding tert-OH is 1. The van der Waals surface area contributed by atoms with Crippen molar-refractivity contribution in [3.05, 3.63) is 47.5 Å². The zero-order valence-corrected chi connectivity index (χ0v) is 13.7. The van der Waals surface area contributed by atoms with Crippen LogP contribution in [0.4, 0.5) is 0 Å². The van der Waals surface area contributed by atoms with E-state index in [1.807, 2.05) is 43.3 Å². The van der Waals surface area contributed by atoms with Crippen LogP contribution in [-0.2, 0) is 6.61 Å². The first-order valence-corrected chi connectivity index (χ1v) is 8.12. The lowest BCUT2D eigenvalue weighted by atomic mass is 9.89. The van der Waals surface area contributed by atoms with Crippen LogP contribution in [0.25, 0.3) is 21.9 Å². The molecule has 25 heavy (non-hydrogen) atoms. The smallest absolute Gasteiger partial charge is 0.231 e. The molecule has 0 unspecified atom stereocenters. The summed E-state index contributed by atoms with van der Waals surface area (Å²) in [6.07, 6.45) is 0. The van der Waals surface area contributed by atoms with Crippen LogP contribution < -0.4 is 18.9 Å². The van der Waals surface area contributed by atoms with Gasteiger partial charge >= 0.3 is 0 Å². The Bertz CT molecular complexity index is 1010. The van der Waals surface area contributed by atoms with E-state index in [9.17, 15) is 5.11 Å². The van der Waals surface area contributed by atoms with Crippen LogP contribution in [0.2, 0.25) is 0 Å². The maximum absolute atomic E-state index is 9.82. The van der Waals surface area contributed by atoms with Crippen LogP contribution in [0.3, 0.4) is 0 Å². The Balaban J connectivity index is 1.91. The average molecular weight is 336 g/mol. The third-order valence-corrected chi connectivity index (χ3v) is 4.84. The zero-order valence-electron chi connectivity index (χ0n) is 13.7. The Labute approximate surface area is 144 Å². The summed E-state index contributed by atoms with van der Waals surface area (Å²) in [5.41, 5.74) is 3.82. The molecule has 2 heterocycles. The topological polar surface area (TPSA) is 57.2 Å². The van der Waals surface area contributed by atoms with Gasteiger partial charge in [0.25, 0.3) is 0 Å². The molecule has 5 heteroatoms. The van der Waals surface area contributed by atoms with Gasteiger partial charge in [-0.15, -0.1) is 0 Å². The van der Waals surface area contributed by atoms with Crippen LogP contribution >= 0.6 is 0 Å². The van der Waals surface area contributed by atoms with Crippen LogP contribution in [0.5, 0.6) is 23.0 Å². The first kappa shape index (κ1) is 14.4. The summed E-state index contributed by atoms with van der Waals surface area (Å²) < 4.78 is 22.4. The summed E-state index contributed by atoms with van der Waals surface area (Å²) >= 11 is 0. The SMILES string of the molecule is Cc1c(CO)cc2ccc3c(c2c1-c1ccc2cc1OCO2)OCO3. The molecule has 0 fully saturated rings. The Kier molecular flexibility index (Phi) is 3.05. The fraction of sp³-hybridized carbons (Fsp3) is 0.200. The van der Waals surface area contributed by atoms with E-state index in [2.05, 4.69) is 0 Å². The molecule has 0 radical (unpaired) electrons. The molecule has 2 bridgehead atoms. The largest absolute Gasteiger partial charge is 0.457 e. The standard InChI is InChI=1S/C20H16O5/c1-11-13(8-21)6-12-2-5-16-20(25-10-23-16)19(12)18(11)15-4-3-14-7-17(15)24-9-22-14/h2-7,21H,8-10H2,1H3. The van der Waals surface area contributed by atoms with Crippen LogP contribution in [-0.4, -0.2) is 18.7 Å². The maximum Gasteiger partial charge on any atom is 0.231 e. The van der Waals surface area contributed by atoms with Crippen molar-refractivity contribution in [3.63, 3.8) is 0 Å². The van der Waals surface area contributed by atoms with Crippen molar-refractivity contribution in [2.24, 2.45) is 0 Å². The van der Waals surface area contributed by atoms with E-state index in [0.717, 1.165) is 56.0 Å². The first-order chi connectivity index (χ1) is 12.3. The summed E-state index contributed by atoms with van der Waals surface area (Å²) in [5, 5.41) is 11.8. The molecule has 5 nitrogen and oxygen atoms in total. The van der Waals surface area contributed by atoms with Gasteiger partial charge in [-0.25, -0.2) is 0 Å². The summed E-state index contributed by atoms with van der Waals surface area (Å²) in [4.78, 5) is 0. The highest BCUT2D eigenvalue weighted by Gasteiger charge is 2.24. The fourth-order valence-electron chi connectivity index (χ4n) is 3.59. The Hall–Kier alpha value is -2.92. The second-order valence-corrected chi connectivity index (χ2v) is 6.16. The van der Waals surface area contributed by atoms with Gasteiger partial charge in [0.2, 0.25) is 13.6 Å². The number of ether oxygens (including phenoxy) is 4. The number of rotatable bonds is 2. The minimum absolute atomic E-state index is 0.0272. The predicted molar refractivity (Wildman–Crippen MR) is 92.3 cm³/mol. The molecule has 0 saturated heterocycles. The van der Waals surface area contributed by atoms with Crippen molar-refractivity contribution in [1.29, 1.82) is 0 Å². The van der Waals surface area contributed by atoms with Gasteiger partial charge < -0.3 is 24.1 Å². The summed E-state index contributed by atoms with van der Waals surface area (Å²) in [6.45, 7) is 2.39. The Morgan fingerprint density at radius 2 is 1.76 bits per heavy atom. The van der Waals surface area contributed by atoms with Gasteiger partial charge in [-0.1, -0.05) is 6.07 Å². The highest BCUT2D eigenvalue weighted by Crippen LogP contribution is 2.48. The zero-order chi connectivity index (χ0) is 17.0. The molecule has 1 N–H and O–H groups in total. The van der Waals surface area contributed by atoms with E-state index in [4.69, 9.17) is 18.9 Å². The van der Waals surface area contributed by atoms with Crippen molar-refractivity contribution < 1.29 is 24.1 Å². The Morgan fingerprint density at radius 1 is 0.920 bits per heavy atom. The predicted octanol–water partition coefficient (Wildman–Crippen LogP) is 3.76. The maximum atomic E-state index is 9.82. The highest BCUT2D eigenvalue weighted by molar-refractivity contribution is 6.05. The van der Waals surface area contributed by atoms with Gasteiger partial charge in [0.15, 0.2) is 11.5 Å². The van der Waals surface area contributed by atoms with E-state index in [-0.39, 0.29) is 20.2 Å². The molecule has 0 atom stereocenters. The molecule has 2 aliphatic rings. The molecular weight excluding hydrogens is 320 g/mol. The highest BCUT2D eigenvalue weighted by atomic mass is 16.7. The van der Waals surface area contributed by atoms with Gasteiger partial charge in [0, 0.05) is 22.6 Å². The van der Waals surface area contributed by atoms with E-state index in [0.29, 0.717) is 0 Å². The van der Waals surface area contributed by atoms with Gasteiger partial charge in [-0.3, -0.25) is 0 Å². The third-order valence-electron chi connectivity index (χ3n) is 4.84. The quantitative estimate of drug-likeness (QED) is 0.772. The number of benzene rings is 3. The van der Waals surface area contributed by atoms with Crippen LogP contribution in [0, 0.1) is 6.92 Å². The molecule has 0 aliphatic carbocycles. The first-order valence-electron chi connectivity index (χ1n) is 8.12. The van der Waals surface area contributed by atoms with Gasteiger partial charge in [0.05, 0.1) is 6.61 Å². The lowest BCUT2D eigenvalue weighted by Gasteiger charge is -2.22. The monoisotopic (exact) mass is 336 g/mol. The minimum atomic E-state index is -0.0272. The van der Waals surface area contributed by atoms with Crippen molar-refractivity contribution in [2.45, 2.75) is 13.5 Å². The molecule has 126 valence electrons. The number of aliphatic hydroxyl groups is 1. The summed E-state index contributed by atoms with van der Waals surface area (Å²) in [6, 6.07) is 11.7. The summed E-state index contributed by atoms with van der Waals surface area (Å²) in [5.74, 6) is 3.03. The van der Waals surface area contributed by atoms with Crippen molar-refractivity contribution >= 4 is 10.8 Å². The Morgan fingerprint density at radius 3 is 2.64 bits per heavy atom. The molecule has 0 spiro atoms. The van der Waals surface area contributed by atoms with Gasteiger partial charge in [-0.2, -0.15) is 0 Å². The molecule has 3 aromatic carbocycles. The molecular formula is C20H16O5. The van der Waals surface area contributed by atoms with Crippen LogP contribution in [0.15, 0.2) is 36.4 Å². The molecule has 0 aromatic heterocycles. The number of hydrogen-bond acceptors (Lipinski definition) is 5. The normalized spacial score (nSPS) is 14.3. The number of hydrogen-bond donors (Lipinski definition) is 1. The van der Waals surface area contributed by atoms with Gasteiger partial charge in [0.1, 0.15) is 11.5 Å². The van der Waals surface area contributed by atoms with Crippen molar-refractivity contribution in [3.8, 4) is 34.1 Å². The van der Waals surface area contributed by atoms with Gasteiger partial charge in [-0.05, 0) is 47.7 Å². The molecule has 2 aliphatic heterocycles. The third kappa shape index (κ3) is 2.06. The lowest BCUT2D eigenvalue weighted by Crippen LogP contribution is -2.11. The second kappa shape index (κ2) is 5.29. The van der Waals surface area contributed by atoms with E-state index < -0.39 is 0 Å². The van der Waals surface area contributed by atoms with Crippen molar-refractivity contribution in [1.82, 2.24) is 0 Å². The minimum Gasteiger partial charge on any atom is -0.457 e. The summed E-state index contributed by atoms with van der Waals surface area (Å²) in [7, 11) is 0. The van der Waals surface area contributed by atoms with Crippen molar-refractivity contribution in [2.75, 3.05) is 13.6 Å². The molecule has 0 amide bonds. The number of fused-ring (bicyclic) bond motifs is 5. The lowest BCUT2D eigenvalue weighted by molar-refractivity contribution is 0.106. The average Bonchev–Trinajstić information content (AvgIpc) is 3.11. The van der Waals surface area contributed by atoms with E-state index >= 15 is 0 Å².